The standard InChI is InChI=1S/C15H24N4/c1-10(2)15-9-13(16-19(15)6)7-11(3)14-8-12(4)18(5)17-14/h8-11H,7H2,1-6H3. The maximum absolute atomic E-state index is 4.61. The van der Waals surface area contributed by atoms with E-state index < -0.39 is 0 Å². The van der Waals surface area contributed by atoms with Gasteiger partial charge in [0.15, 0.2) is 0 Å². The highest BCUT2D eigenvalue weighted by Crippen LogP contribution is 2.22. The van der Waals surface area contributed by atoms with Crippen molar-refractivity contribution in [1.82, 2.24) is 19.6 Å². The van der Waals surface area contributed by atoms with Gasteiger partial charge in [0.05, 0.1) is 11.4 Å². The Morgan fingerprint density at radius 3 is 2.21 bits per heavy atom. The number of hydrogen-bond donors (Lipinski definition) is 0. The van der Waals surface area contributed by atoms with Crippen LogP contribution in [-0.4, -0.2) is 19.6 Å². The van der Waals surface area contributed by atoms with E-state index in [2.05, 4.69) is 50.0 Å². The number of aryl methyl sites for hydroxylation is 3. The first kappa shape index (κ1) is 13.8. The van der Waals surface area contributed by atoms with Gasteiger partial charge in [-0.1, -0.05) is 20.8 Å². The SMILES string of the molecule is Cc1cc(C(C)Cc2cc(C(C)C)n(C)n2)nn1C. The molecular formula is C15H24N4. The molecule has 0 fully saturated rings. The van der Waals surface area contributed by atoms with Crippen molar-refractivity contribution in [3.63, 3.8) is 0 Å². The smallest absolute Gasteiger partial charge is 0.0659 e. The van der Waals surface area contributed by atoms with Gasteiger partial charge in [0, 0.05) is 31.4 Å². The van der Waals surface area contributed by atoms with Crippen LogP contribution >= 0.6 is 0 Å². The van der Waals surface area contributed by atoms with E-state index in [1.807, 2.05) is 23.5 Å². The summed E-state index contributed by atoms with van der Waals surface area (Å²) in [5.74, 6) is 0.911. The van der Waals surface area contributed by atoms with Crippen LogP contribution in [-0.2, 0) is 20.5 Å². The molecular weight excluding hydrogens is 236 g/mol. The predicted molar refractivity (Wildman–Crippen MR) is 77.4 cm³/mol. The molecule has 2 aromatic heterocycles. The molecule has 4 nitrogen and oxygen atoms in total. The van der Waals surface area contributed by atoms with Crippen LogP contribution in [0.2, 0.25) is 0 Å². The second-order valence-electron chi connectivity index (χ2n) is 5.78. The van der Waals surface area contributed by atoms with Gasteiger partial charge in [-0.3, -0.25) is 9.36 Å². The molecule has 2 heterocycles. The van der Waals surface area contributed by atoms with Gasteiger partial charge in [-0.25, -0.2) is 0 Å². The van der Waals surface area contributed by atoms with Gasteiger partial charge < -0.3 is 0 Å². The summed E-state index contributed by atoms with van der Waals surface area (Å²) >= 11 is 0. The highest BCUT2D eigenvalue weighted by atomic mass is 15.3. The Bertz CT molecular complexity index is 543. The first-order valence-electron chi connectivity index (χ1n) is 6.91. The zero-order chi connectivity index (χ0) is 14.2. The summed E-state index contributed by atoms with van der Waals surface area (Å²) in [6.45, 7) is 8.70. The van der Waals surface area contributed by atoms with E-state index in [1.165, 1.54) is 11.4 Å². The Balaban J connectivity index is 2.14. The largest absolute Gasteiger partial charge is 0.273 e. The van der Waals surface area contributed by atoms with Gasteiger partial charge in [0.2, 0.25) is 0 Å². The fourth-order valence-electron chi connectivity index (χ4n) is 2.43. The minimum atomic E-state index is 0.398. The first-order chi connectivity index (χ1) is 8.88. The summed E-state index contributed by atoms with van der Waals surface area (Å²) in [4.78, 5) is 0. The van der Waals surface area contributed by atoms with Crippen molar-refractivity contribution in [2.45, 2.75) is 46.0 Å². The number of aromatic nitrogens is 4. The van der Waals surface area contributed by atoms with Gasteiger partial charge >= 0.3 is 0 Å². The number of nitrogens with zero attached hydrogens (tertiary/aromatic N) is 4. The second-order valence-corrected chi connectivity index (χ2v) is 5.78. The van der Waals surface area contributed by atoms with Gasteiger partial charge in [0.25, 0.3) is 0 Å². The summed E-state index contributed by atoms with van der Waals surface area (Å²) in [6, 6.07) is 4.38. The molecule has 0 saturated heterocycles. The molecule has 19 heavy (non-hydrogen) atoms. The molecule has 0 aromatic carbocycles. The van der Waals surface area contributed by atoms with E-state index in [0.717, 1.165) is 17.8 Å². The van der Waals surface area contributed by atoms with Crippen molar-refractivity contribution in [2.24, 2.45) is 14.1 Å². The van der Waals surface area contributed by atoms with Gasteiger partial charge in [-0.2, -0.15) is 10.2 Å². The molecule has 0 aliphatic rings. The highest BCUT2D eigenvalue weighted by Gasteiger charge is 2.15. The van der Waals surface area contributed by atoms with Crippen LogP contribution in [0.1, 0.15) is 55.4 Å². The summed E-state index contributed by atoms with van der Waals surface area (Å²) < 4.78 is 3.93. The molecule has 1 atom stereocenters. The molecule has 0 N–H and O–H groups in total. The Morgan fingerprint density at radius 1 is 1.05 bits per heavy atom. The molecule has 104 valence electrons. The van der Waals surface area contributed by atoms with Crippen molar-refractivity contribution in [1.29, 1.82) is 0 Å². The summed E-state index contributed by atoms with van der Waals surface area (Å²) in [7, 11) is 4.01. The van der Waals surface area contributed by atoms with Crippen molar-refractivity contribution in [3.05, 3.63) is 34.9 Å². The third-order valence-electron chi connectivity index (χ3n) is 3.71. The minimum absolute atomic E-state index is 0.398. The lowest BCUT2D eigenvalue weighted by atomic mass is 10.0. The van der Waals surface area contributed by atoms with Gasteiger partial charge in [0.1, 0.15) is 0 Å². The molecule has 2 aromatic rings. The quantitative estimate of drug-likeness (QED) is 0.847. The Hall–Kier alpha value is -1.58. The predicted octanol–water partition coefficient (Wildman–Crippen LogP) is 2.93. The van der Waals surface area contributed by atoms with Crippen molar-refractivity contribution in [3.8, 4) is 0 Å². The van der Waals surface area contributed by atoms with Crippen LogP contribution in [0.25, 0.3) is 0 Å². The molecule has 0 aliphatic heterocycles. The average Bonchev–Trinajstić information content (AvgIpc) is 2.83. The number of hydrogen-bond acceptors (Lipinski definition) is 2. The van der Waals surface area contributed by atoms with Crippen molar-refractivity contribution in [2.75, 3.05) is 0 Å². The van der Waals surface area contributed by atoms with E-state index in [-0.39, 0.29) is 0 Å². The monoisotopic (exact) mass is 260 g/mol. The lowest BCUT2D eigenvalue weighted by Crippen LogP contribution is -2.02. The van der Waals surface area contributed by atoms with Gasteiger partial charge in [-0.15, -0.1) is 0 Å². The van der Waals surface area contributed by atoms with E-state index in [4.69, 9.17) is 0 Å². The molecule has 0 spiro atoms. The molecule has 4 heteroatoms. The Labute approximate surface area is 115 Å². The van der Waals surface area contributed by atoms with Gasteiger partial charge in [-0.05, 0) is 31.4 Å². The topological polar surface area (TPSA) is 35.6 Å². The second kappa shape index (κ2) is 5.19. The average molecular weight is 260 g/mol. The lowest BCUT2D eigenvalue weighted by molar-refractivity contribution is 0.637. The van der Waals surface area contributed by atoms with Crippen molar-refractivity contribution >= 4 is 0 Å². The molecule has 0 bridgehead atoms. The van der Waals surface area contributed by atoms with Crippen molar-refractivity contribution < 1.29 is 0 Å². The molecule has 2 rings (SSSR count). The maximum Gasteiger partial charge on any atom is 0.0659 e. The normalized spacial score (nSPS) is 13.2. The first-order valence-corrected chi connectivity index (χ1v) is 6.91. The van der Waals surface area contributed by atoms with Crippen LogP contribution in [0.5, 0.6) is 0 Å². The minimum Gasteiger partial charge on any atom is -0.273 e. The summed E-state index contributed by atoms with van der Waals surface area (Å²) in [6.07, 6.45) is 0.941. The molecule has 1 unspecified atom stereocenters. The van der Waals surface area contributed by atoms with Crippen LogP contribution in [0.15, 0.2) is 12.1 Å². The lowest BCUT2D eigenvalue weighted by Gasteiger charge is -2.05. The zero-order valence-corrected chi connectivity index (χ0v) is 12.8. The zero-order valence-electron chi connectivity index (χ0n) is 12.8. The Kier molecular flexibility index (Phi) is 3.78. The maximum atomic E-state index is 4.61. The van der Waals surface area contributed by atoms with Crippen LogP contribution in [0.4, 0.5) is 0 Å². The van der Waals surface area contributed by atoms with Crippen LogP contribution in [0.3, 0.4) is 0 Å². The van der Waals surface area contributed by atoms with Crippen LogP contribution < -0.4 is 0 Å². The van der Waals surface area contributed by atoms with E-state index in [9.17, 15) is 0 Å². The van der Waals surface area contributed by atoms with E-state index >= 15 is 0 Å². The van der Waals surface area contributed by atoms with E-state index in [1.54, 1.807) is 0 Å². The summed E-state index contributed by atoms with van der Waals surface area (Å²) in [5.41, 5.74) is 4.80. The fourth-order valence-corrected chi connectivity index (χ4v) is 2.43. The van der Waals surface area contributed by atoms with Crippen LogP contribution in [0, 0.1) is 6.92 Å². The Morgan fingerprint density at radius 2 is 1.74 bits per heavy atom. The molecule has 0 saturated carbocycles. The molecule has 0 amide bonds. The van der Waals surface area contributed by atoms with E-state index in [0.29, 0.717) is 11.8 Å². The molecule has 0 aliphatic carbocycles. The third kappa shape index (κ3) is 2.88. The molecule has 0 radical (unpaired) electrons. The third-order valence-corrected chi connectivity index (χ3v) is 3.71. The highest BCUT2D eigenvalue weighted by molar-refractivity contribution is 5.18. The number of rotatable bonds is 4. The summed E-state index contributed by atoms with van der Waals surface area (Å²) in [5, 5.41) is 9.16. The fraction of sp³-hybridized carbons (Fsp3) is 0.600.